The smallest absolute Gasteiger partial charge is 0.0224 e. The minimum Gasteiger partial charge on any atom is -0.308 e. The quantitative estimate of drug-likeness (QED) is 0.121. The van der Waals surface area contributed by atoms with Crippen molar-refractivity contribution >= 4 is 47.7 Å². The Labute approximate surface area is 340 Å². The molecule has 1 saturated carbocycles. The van der Waals surface area contributed by atoms with Crippen LogP contribution in [0.3, 0.4) is 0 Å². The number of benzene rings is 6. The number of hydrogen-bond acceptors (Lipinski definition) is 2. The van der Waals surface area contributed by atoms with E-state index < -0.39 is 15.8 Å². The third-order valence-corrected chi connectivity index (χ3v) is 16.1. The van der Waals surface area contributed by atoms with Crippen LogP contribution in [0.15, 0.2) is 121 Å². The molecule has 56 heavy (non-hydrogen) atoms. The van der Waals surface area contributed by atoms with Gasteiger partial charge in [-0.3, -0.25) is 0 Å². The van der Waals surface area contributed by atoms with Crippen LogP contribution in [0.4, 0.5) is 0 Å². The SMILES string of the molecule is Cc1cc(C)cc(P(c2cc(C)cc(C)c2)c2ccccc2CN[C@@H]2CCCC[C@H]2NCc2ccccc2P(c2cc(C)cc(C)c2)c2cc(C)cc(C)c2)c1. The minimum absolute atomic E-state index is 0.415. The highest BCUT2D eigenvalue weighted by molar-refractivity contribution is 7.80. The molecule has 288 valence electrons. The fraction of sp³-hybridized carbons (Fsp3) is 0.308. The van der Waals surface area contributed by atoms with Crippen molar-refractivity contribution in [1.29, 1.82) is 0 Å². The lowest BCUT2D eigenvalue weighted by Crippen LogP contribution is -2.49. The van der Waals surface area contributed by atoms with Crippen molar-refractivity contribution in [2.75, 3.05) is 0 Å². The van der Waals surface area contributed by atoms with E-state index in [4.69, 9.17) is 0 Å². The van der Waals surface area contributed by atoms with Gasteiger partial charge in [-0.15, -0.1) is 0 Å². The lowest BCUT2D eigenvalue weighted by atomic mass is 9.90. The second-order valence-corrected chi connectivity index (χ2v) is 20.9. The summed E-state index contributed by atoms with van der Waals surface area (Å²) in [5, 5.41) is 16.9. The molecule has 0 radical (unpaired) electrons. The summed E-state index contributed by atoms with van der Waals surface area (Å²) in [4.78, 5) is 0. The second kappa shape index (κ2) is 18.1. The molecule has 0 heterocycles. The summed E-state index contributed by atoms with van der Waals surface area (Å²) in [6.07, 6.45) is 4.94. The van der Waals surface area contributed by atoms with Gasteiger partial charge in [-0.2, -0.15) is 0 Å². The lowest BCUT2D eigenvalue weighted by molar-refractivity contribution is 0.281. The van der Waals surface area contributed by atoms with Crippen LogP contribution >= 0.6 is 15.8 Å². The van der Waals surface area contributed by atoms with Crippen molar-refractivity contribution in [2.45, 2.75) is 106 Å². The molecule has 7 rings (SSSR count). The summed E-state index contributed by atoms with van der Waals surface area (Å²) in [5.74, 6) is 0. The minimum atomic E-state index is -0.720. The van der Waals surface area contributed by atoms with Crippen molar-refractivity contribution in [1.82, 2.24) is 10.6 Å². The third-order valence-electron chi connectivity index (χ3n) is 11.2. The molecular formula is C52H60N2P2. The summed E-state index contributed by atoms with van der Waals surface area (Å²) in [7, 11) is -1.44. The molecule has 6 aromatic carbocycles. The number of nitrogens with one attached hydrogen (secondary N) is 2. The average Bonchev–Trinajstić information content (AvgIpc) is 3.13. The van der Waals surface area contributed by atoms with E-state index in [0.717, 1.165) is 13.1 Å². The molecule has 0 unspecified atom stereocenters. The van der Waals surface area contributed by atoms with Crippen molar-refractivity contribution in [3.63, 3.8) is 0 Å². The number of aryl methyl sites for hydroxylation is 8. The Kier molecular flexibility index (Phi) is 13.1. The zero-order chi connectivity index (χ0) is 39.3. The molecular weight excluding hydrogens is 715 g/mol. The van der Waals surface area contributed by atoms with E-state index in [1.807, 2.05) is 0 Å². The Morgan fingerprint density at radius 2 is 0.661 bits per heavy atom. The predicted molar refractivity (Wildman–Crippen MR) is 248 cm³/mol. The zero-order valence-electron chi connectivity index (χ0n) is 34.8. The van der Waals surface area contributed by atoms with Crippen LogP contribution in [-0.2, 0) is 13.1 Å². The Morgan fingerprint density at radius 3 is 0.946 bits per heavy atom. The molecule has 0 spiro atoms. The Bertz CT molecular complexity index is 1960. The highest BCUT2D eigenvalue weighted by Crippen LogP contribution is 2.37. The Balaban J connectivity index is 1.15. The fourth-order valence-electron chi connectivity index (χ4n) is 9.03. The maximum Gasteiger partial charge on any atom is 0.0224 e. The molecule has 0 saturated heterocycles. The molecule has 2 N–H and O–H groups in total. The van der Waals surface area contributed by atoms with Gasteiger partial charge in [0, 0.05) is 25.2 Å². The number of hydrogen-bond donors (Lipinski definition) is 2. The van der Waals surface area contributed by atoms with Gasteiger partial charge < -0.3 is 10.6 Å². The van der Waals surface area contributed by atoms with Crippen LogP contribution in [0.2, 0.25) is 0 Å². The summed E-state index contributed by atoms with van der Waals surface area (Å²) in [6, 6.07) is 47.9. The maximum absolute atomic E-state index is 4.13. The van der Waals surface area contributed by atoms with Gasteiger partial charge in [0.25, 0.3) is 0 Å². The van der Waals surface area contributed by atoms with Gasteiger partial charge in [-0.25, -0.2) is 0 Å². The number of rotatable bonds is 12. The van der Waals surface area contributed by atoms with E-state index in [2.05, 4.69) is 187 Å². The molecule has 2 nitrogen and oxygen atoms in total. The summed E-state index contributed by atoms with van der Waals surface area (Å²) < 4.78 is 0. The van der Waals surface area contributed by atoms with Crippen LogP contribution in [0.25, 0.3) is 0 Å². The first kappa shape index (κ1) is 40.3. The summed E-state index contributed by atoms with van der Waals surface area (Å²) in [5.41, 5.74) is 13.5. The van der Waals surface area contributed by atoms with Crippen LogP contribution in [-0.4, -0.2) is 12.1 Å². The van der Waals surface area contributed by atoms with Crippen molar-refractivity contribution in [3.8, 4) is 0 Å². The van der Waals surface area contributed by atoms with Crippen LogP contribution in [0.1, 0.15) is 81.3 Å². The van der Waals surface area contributed by atoms with E-state index >= 15 is 0 Å². The predicted octanol–water partition coefficient (Wildman–Crippen LogP) is 9.86. The molecule has 2 atom stereocenters. The van der Waals surface area contributed by atoms with E-state index in [0.29, 0.717) is 12.1 Å². The van der Waals surface area contributed by atoms with Gasteiger partial charge in [-0.05, 0) is 127 Å². The largest absolute Gasteiger partial charge is 0.308 e. The first-order valence-electron chi connectivity index (χ1n) is 20.6. The van der Waals surface area contributed by atoms with Crippen molar-refractivity contribution in [3.05, 3.63) is 177 Å². The van der Waals surface area contributed by atoms with Gasteiger partial charge in [0.15, 0.2) is 0 Å². The lowest BCUT2D eigenvalue weighted by Gasteiger charge is -2.34. The van der Waals surface area contributed by atoms with Gasteiger partial charge >= 0.3 is 0 Å². The standard InChI is InChI=1S/C52H60N2P2/c1-35-21-36(2)26-45(25-35)55(46-27-37(3)22-38(4)28-46)51-19-13-9-15-43(51)33-53-49-17-11-12-18-50(49)54-34-44-16-10-14-20-52(44)56(47-29-39(5)23-40(6)30-47)48-31-41(7)24-42(8)32-48/h9-10,13-16,19-32,49-50,53-54H,11-12,17-18,33-34H2,1-8H3/t49-,50-/m1/s1. The normalized spacial score (nSPS) is 15.8. The first-order valence-corrected chi connectivity index (χ1v) is 23.2. The Hall–Kier alpha value is -3.90. The topological polar surface area (TPSA) is 24.1 Å². The van der Waals surface area contributed by atoms with Gasteiger partial charge in [0.05, 0.1) is 0 Å². The molecule has 1 fully saturated rings. The second-order valence-electron chi connectivity index (χ2n) is 16.6. The summed E-state index contributed by atoms with van der Waals surface area (Å²) >= 11 is 0. The highest BCUT2D eigenvalue weighted by Gasteiger charge is 2.27. The molecule has 4 heteroatoms. The molecule has 0 aliphatic heterocycles. The molecule has 0 aromatic heterocycles. The first-order chi connectivity index (χ1) is 27.0. The van der Waals surface area contributed by atoms with E-state index in [1.165, 1.54) is 113 Å². The summed E-state index contributed by atoms with van der Waals surface area (Å²) in [6.45, 7) is 19.6. The average molecular weight is 775 g/mol. The molecule has 0 bridgehead atoms. The zero-order valence-corrected chi connectivity index (χ0v) is 36.6. The van der Waals surface area contributed by atoms with Gasteiger partial charge in [0.2, 0.25) is 0 Å². The van der Waals surface area contributed by atoms with Crippen LogP contribution in [0.5, 0.6) is 0 Å². The molecule has 1 aliphatic carbocycles. The fourth-order valence-corrected chi connectivity index (χ4v) is 14.8. The van der Waals surface area contributed by atoms with E-state index in [9.17, 15) is 0 Å². The van der Waals surface area contributed by atoms with E-state index in [1.54, 1.807) is 0 Å². The molecule has 0 amide bonds. The van der Waals surface area contributed by atoms with Crippen LogP contribution in [0, 0.1) is 55.4 Å². The van der Waals surface area contributed by atoms with E-state index in [-0.39, 0.29) is 0 Å². The van der Waals surface area contributed by atoms with Crippen molar-refractivity contribution < 1.29 is 0 Å². The Morgan fingerprint density at radius 1 is 0.393 bits per heavy atom. The monoisotopic (exact) mass is 774 g/mol. The third kappa shape index (κ3) is 9.79. The van der Waals surface area contributed by atoms with Gasteiger partial charge in [0.1, 0.15) is 0 Å². The maximum atomic E-state index is 4.13. The molecule has 6 aromatic rings. The van der Waals surface area contributed by atoms with Crippen LogP contribution < -0.4 is 42.5 Å². The highest BCUT2D eigenvalue weighted by atomic mass is 31.1. The van der Waals surface area contributed by atoms with Gasteiger partial charge in [-0.1, -0.05) is 179 Å². The van der Waals surface area contributed by atoms with Crippen molar-refractivity contribution in [2.24, 2.45) is 0 Å². The molecule has 1 aliphatic rings.